The summed E-state index contributed by atoms with van der Waals surface area (Å²) in [6.45, 7) is 3.18. The quantitative estimate of drug-likeness (QED) is 0.441. The maximum atomic E-state index is 12.8. The molecule has 0 fully saturated rings. The van der Waals surface area contributed by atoms with Gasteiger partial charge in [-0.2, -0.15) is 0 Å². The summed E-state index contributed by atoms with van der Waals surface area (Å²) in [6.07, 6.45) is 2.95. The largest absolute Gasteiger partial charge is 0.462 e. The van der Waals surface area contributed by atoms with E-state index in [4.69, 9.17) is 13.8 Å². The Morgan fingerprint density at radius 1 is 1.20 bits per heavy atom. The molecule has 0 spiro atoms. The molecule has 1 aromatic carbocycles. The molecule has 0 unspecified atom stereocenters. The summed E-state index contributed by atoms with van der Waals surface area (Å²) in [4.78, 5) is 24.1. The highest BCUT2D eigenvalue weighted by atomic mass is 31.2. The van der Waals surface area contributed by atoms with Gasteiger partial charge in [0.05, 0.1) is 12.1 Å². The number of aromatic nitrogens is 1. The maximum Gasteiger partial charge on any atom is 0.368 e. The molecular weight excluding hydrogens is 345 g/mol. The third-order valence-electron chi connectivity index (χ3n) is 3.63. The summed E-state index contributed by atoms with van der Waals surface area (Å²) in [5.74, 6) is -0.982. The van der Waals surface area contributed by atoms with Crippen LogP contribution in [0, 0.1) is 0 Å². The molecule has 0 aliphatic rings. The first-order valence-electron chi connectivity index (χ1n) is 7.59. The van der Waals surface area contributed by atoms with Crippen LogP contribution < -0.4 is 0 Å². The number of hydrogen-bond acceptors (Lipinski definition) is 6. The fourth-order valence-electron chi connectivity index (χ4n) is 2.45. The zero-order valence-electron chi connectivity index (χ0n) is 14.5. The second-order valence-electron chi connectivity index (χ2n) is 5.10. The van der Waals surface area contributed by atoms with E-state index in [0.717, 1.165) is 5.39 Å². The van der Waals surface area contributed by atoms with Gasteiger partial charge in [-0.25, -0.2) is 4.79 Å². The Labute approximate surface area is 145 Å². The first-order valence-corrected chi connectivity index (χ1v) is 9.14. The van der Waals surface area contributed by atoms with Crippen molar-refractivity contribution in [2.75, 3.05) is 20.8 Å². The number of carbonyl (C=O) groups excluding carboxylic acids is 2. The molecule has 1 aromatic heterocycles. The Balaban J connectivity index is 2.72. The van der Waals surface area contributed by atoms with Gasteiger partial charge in [0.25, 0.3) is 0 Å². The fourth-order valence-corrected chi connectivity index (χ4v) is 3.58. The van der Waals surface area contributed by atoms with Gasteiger partial charge in [-0.15, -0.1) is 0 Å². The van der Waals surface area contributed by atoms with Crippen LogP contribution in [0.15, 0.2) is 35.8 Å². The van der Waals surface area contributed by atoms with Crippen molar-refractivity contribution < 1.29 is 27.9 Å². The molecule has 0 amide bonds. The second kappa shape index (κ2) is 7.78. The normalized spacial score (nSPS) is 12.4. The van der Waals surface area contributed by atoms with Crippen molar-refractivity contribution in [1.82, 2.24) is 4.57 Å². The average molecular weight is 365 g/mol. The molecule has 7 nitrogen and oxygen atoms in total. The molecule has 0 atom stereocenters. The van der Waals surface area contributed by atoms with Crippen LogP contribution in [0.25, 0.3) is 17.0 Å². The van der Waals surface area contributed by atoms with E-state index in [1.54, 1.807) is 37.4 Å². The van der Waals surface area contributed by atoms with E-state index in [1.165, 1.54) is 31.8 Å². The van der Waals surface area contributed by atoms with Crippen molar-refractivity contribution in [3.05, 3.63) is 41.3 Å². The lowest BCUT2D eigenvalue weighted by Crippen LogP contribution is -2.10. The minimum Gasteiger partial charge on any atom is -0.462 e. The SMILES string of the molecule is CCOC(=O)/C(=C/c1cn(C(C)=O)c2ccccc12)P(=O)(OC)OC. The number of benzene rings is 1. The summed E-state index contributed by atoms with van der Waals surface area (Å²) < 4.78 is 29.1. The van der Waals surface area contributed by atoms with Gasteiger partial charge in [0, 0.05) is 38.3 Å². The molecule has 0 saturated heterocycles. The molecule has 0 aliphatic heterocycles. The van der Waals surface area contributed by atoms with Crippen molar-refractivity contribution in [3.63, 3.8) is 0 Å². The van der Waals surface area contributed by atoms with Crippen LogP contribution >= 0.6 is 7.60 Å². The molecule has 0 bridgehead atoms. The van der Waals surface area contributed by atoms with Crippen LogP contribution in [0.3, 0.4) is 0 Å². The third-order valence-corrected chi connectivity index (χ3v) is 5.50. The number of rotatable bonds is 6. The number of esters is 1. The molecule has 1 heterocycles. The number of hydrogen-bond donors (Lipinski definition) is 0. The lowest BCUT2D eigenvalue weighted by molar-refractivity contribution is -0.137. The van der Waals surface area contributed by atoms with E-state index >= 15 is 0 Å². The number of fused-ring (bicyclic) bond motifs is 1. The summed E-state index contributed by atoms with van der Waals surface area (Å²) in [5, 5.41) is 0.490. The Kier molecular flexibility index (Phi) is 5.95. The van der Waals surface area contributed by atoms with Gasteiger partial charge < -0.3 is 13.8 Å². The minimum atomic E-state index is -3.84. The van der Waals surface area contributed by atoms with Crippen molar-refractivity contribution in [2.45, 2.75) is 13.8 Å². The minimum absolute atomic E-state index is 0.110. The van der Waals surface area contributed by atoms with Gasteiger partial charge in [-0.05, 0) is 19.1 Å². The average Bonchev–Trinajstić information content (AvgIpc) is 2.98. The van der Waals surface area contributed by atoms with Gasteiger partial charge in [0.1, 0.15) is 5.31 Å². The molecular formula is C17H20NO6P. The topological polar surface area (TPSA) is 83.8 Å². The number of para-hydroxylation sites is 1. The highest BCUT2D eigenvalue weighted by Crippen LogP contribution is 2.55. The first kappa shape index (κ1) is 19.1. The van der Waals surface area contributed by atoms with Gasteiger partial charge in [-0.1, -0.05) is 18.2 Å². The van der Waals surface area contributed by atoms with E-state index < -0.39 is 13.6 Å². The monoisotopic (exact) mass is 365 g/mol. The van der Waals surface area contributed by atoms with Crippen LogP contribution in [-0.2, 0) is 23.1 Å². The zero-order valence-corrected chi connectivity index (χ0v) is 15.4. The van der Waals surface area contributed by atoms with Crippen LogP contribution in [0.1, 0.15) is 24.2 Å². The van der Waals surface area contributed by atoms with Crippen LogP contribution in [0.4, 0.5) is 0 Å². The molecule has 25 heavy (non-hydrogen) atoms. The lowest BCUT2D eigenvalue weighted by atomic mass is 10.1. The van der Waals surface area contributed by atoms with Crippen molar-refractivity contribution in [1.29, 1.82) is 0 Å². The molecule has 134 valence electrons. The van der Waals surface area contributed by atoms with Crippen molar-refractivity contribution >= 4 is 36.5 Å². The highest BCUT2D eigenvalue weighted by Gasteiger charge is 2.34. The van der Waals surface area contributed by atoms with Crippen molar-refractivity contribution in [3.8, 4) is 0 Å². The maximum absolute atomic E-state index is 12.8. The number of ether oxygens (including phenoxy) is 1. The Morgan fingerprint density at radius 2 is 1.84 bits per heavy atom. The van der Waals surface area contributed by atoms with Gasteiger partial charge in [-0.3, -0.25) is 13.9 Å². The summed E-state index contributed by atoms with van der Waals surface area (Å²) >= 11 is 0. The number of carbonyl (C=O) groups is 2. The predicted octanol–water partition coefficient (Wildman–Crippen LogP) is 3.69. The van der Waals surface area contributed by atoms with E-state index in [1.807, 2.05) is 0 Å². The lowest BCUT2D eigenvalue weighted by Gasteiger charge is -2.16. The number of nitrogens with zero attached hydrogens (tertiary/aromatic N) is 1. The van der Waals surface area contributed by atoms with E-state index in [9.17, 15) is 14.2 Å². The molecule has 0 aliphatic carbocycles. The second-order valence-corrected chi connectivity index (χ2v) is 7.31. The standard InChI is InChI=1S/C17H20NO6P/c1-5-24-17(20)16(25(21,22-3)23-4)10-13-11-18(12(2)19)15-9-7-6-8-14(13)15/h6-11H,5H2,1-4H3/b16-10-. The molecule has 0 radical (unpaired) electrons. The molecule has 2 rings (SSSR count). The molecule has 0 N–H and O–H groups in total. The molecule has 8 heteroatoms. The highest BCUT2D eigenvalue weighted by molar-refractivity contribution is 7.60. The first-order chi connectivity index (χ1) is 11.9. The van der Waals surface area contributed by atoms with Crippen LogP contribution in [0.5, 0.6) is 0 Å². The zero-order chi connectivity index (χ0) is 18.6. The summed E-state index contributed by atoms with van der Waals surface area (Å²) in [7, 11) is -1.46. The fraction of sp³-hybridized carbons (Fsp3) is 0.294. The van der Waals surface area contributed by atoms with Crippen LogP contribution in [0.2, 0.25) is 0 Å². The van der Waals surface area contributed by atoms with Crippen LogP contribution in [-0.4, -0.2) is 37.3 Å². The molecule has 2 aromatic rings. The van der Waals surface area contributed by atoms with Crippen molar-refractivity contribution in [2.24, 2.45) is 0 Å². The van der Waals surface area contributed by atoms with Gasteiger partial charge in [0.15, 0.2) is 0 Å². The molecule has 0 saturated carbocycles. The van der Waals surface area contributed by atoms with E-state index in [2.05, 4.69) is 0 Å². The third kappa shape index (κ3) is 3.74. The van der Waals surface area contributed by atoms with E-state index in [-0.39, 0.29) is 17.8 Å². The predicted molar refractivity (Wildman–Crippen MR) is 94.5 cm³/mol. The summed E-state index contributed by atoms with van der Waals surface area (Å²) in [5.41, 5.74) is 1.21. The van der Waals surface area contributed by atoms with E-state index in [0.29, 0.717) is 11.1 Å². The van der Waals surface area contributed by atoms with Gasteiger partial charge in [0.2, 0.25) is 5.91 Å². The Bertz CT molecular complexity index is 874. The smallest absolute Gasteiger partial charge is 0.368 e. The Morgan fingerprint density at radius 3 is 2.40 bits per heavy atom. The Hall–Kier alpha value is -2.21. The summed E-state index contributed by atoms with van der Waals surface area (Å²) in [6, 6.07) is 7.19. The van der Waals surface area contributed by atoms with Gasteiger partial charge >= 0.3 is 13.6 Å².